The van der Waals surface area contributed by atoms with Crippen LogP contribution in [0.5, 0.6) is 0 Å². The van der Waals surface area contributed by atoms with Gasteiger partial charge in [0, 0.05) is 33.0 Å². The van der Waals surface area contributed by atoms with E-state index in [2.05, 4.69) is 24.5 Å². The number of hydrogen-bond donors (Lipinski definition) is 3. The third kappa shape index (κ3) is 10.8. The van der Waals surface area contributed by atoms with E-state index in [1.807, 2.05) is 0 Å². The van der Waals surface area contributed by atoms with Gasteiger partial charge in [0.05, 0.1) is 6.61 Å². The lowest BCUT2D eigenvalue weighted by Crippen LogP contribution is -2.33. The molecule has 0 heterocycles. The molecule has 6 nitrogen and oxygen atoms in total. The van der Waals surface area contributed by atoms with E-state index in [4.69, 9.17) is 10.5 Å². The highest BCUT2D eigenvalue weighted by Gasteiger charge is 2.14. The fourth-order valence-electron chi connectivity index (χ4n) is 1.96. The topological polar surface area (TPSA) is 93.5 Å². The van der Waals surface area contributed by atoms with Crippen LogP contribution in [0.2, 0.25) is 0 Å². The molecule has 0 bridgehead atoms. The van der Waals surface area contributed by atoms with E-state index in [9.17, 15) is 9.59 Å². The summed E-state index contributed by atoms with van der Waals surface area (Å²) in [5.74, 6) is 0.624. The van der Waals surface area contributed by atoms with Gasteiger partial charge < -0.3 is 21.1 Å². The van der Waals surface area contributed by atoms with Crippen LogP contribution in [0, 0.1) is 11.8 Å². The zero-order chi connectivity index (χ0) is 15.4. The van der Waals surface area contributed by atoms with Crippen LogP contribution in [0.15, 0.2) is 0 Å². The van der Waals surface area contributed by atoms with Gasteiger partial charge in [-0.15, -0.1) is 0 Å². The fourth-order valence-corrected chi connectivity index (χ4v) is 1.96. The van der Waals surface area contributed by atoms with Gasteiger partial charge in [-0.2, -0.15) is 0 Å². The minimum absolute atomic E-state index is 0.0363. The summed E-state index contributed by atoms with van der Waals surface area (Å²) in [6.07, 6.45) is 1.66. The van der Waals surface area contributed by atoms with E-state index < -0.39 is 0 Å². The number of methoxy groups -OCH3 is 1. The first kappa shape index (κ1) is 18.9. The number of carbonyl (C=O) groups excluding carboxylic acids is 2. The number of hydrogen-bond acceptors (Lipinski definition) is 4. The quantitative estimate of drug-likeness (QED) is 0.475. The number of carbonyl (C=O) groups is 2. The maximum absolute atomic E-state index is 11.7. The van der Waals surface area contributed by atoms with Gasteiger partial charge in [-0.25, -0.2) is 0 Å². The maximum atomic E-state index is 11.7. The number of amides is 2. The lowest BCUT2D eigenvalue weighted by atomic mass is 9.94. The summed E-state index contributed by atoms with van der Waals surface area (Å²) >= 11 is 0. The van der Waals surface area contributed by atoms with Gasteiger partial charge in [0.15, 0.2) is 0 Å². The van der Waals surface area contributed by atoms with Crippen LogP contribution >= 0.6 is 0 Å². The molecule has 0 spiro atoms. The number of rotatable bonds is 11. The first-order chi connectivity index (χ1) is 9.49. The molecule has 4 N–H and O–H groups in total. The predicted molar refractivity (Wildman–Crippen MR) is 79.1 cm³/mol. The summed E-state index contributed by atoms with van der Waals surface area (Å²) in [4.78, 5) is 23.1. The Kier molecular flexibility index (Phi) is 11.0. The van der Waals surface area contributed by atoms with Crippen molar-refractivity contribution < 1.29 is 14.3 Å². The average molecular weight is 287 g/mol. The molecule has 0 aliphatic rings. The van der Waals surface area contributed by atoms with Gasteiger partial charge in [0.25, 0.3) is 0 Å². The fraction of sp³-hybridized carbons (Fsp3) is 0.857. The van der Waals surface area contributed by atoms with E-state index >= 15 is 0 Å². The van der Waals surface area contributed by atoms with Crippen molar-refractivity contribution in [2.24, 2.45) is 17.6 Å². The first-order valence-electron chi connectivity index (χ1n) is 7.22. The molecule has 0 saturated heterocycles. The van der Waals surface area contributed by atoms with E-state index in [1.54, 1.807) is 7.11 Å². The van der Waals surface area contributed by atoms with Crippen LogP contribution in [-0.4, -0.2) is 45.2 Å². The van der Waals surface area contributed by atoms with Crippen LogP contribution < -0.4 is 16.4 Å². The Bertz CT molecular complexity index is 283. The average Bonchev–Trinajstić information content (AvgIpc) is 2.37. The molecule has 0 aromatic rings. The minimum atomic E-state index is -0.0834. The Morgan fingerprint density at radius 2 is 1.80 bits per heavy atom. The van der Waals surface area contributed by atoms with Crippen molar-refractivity contribution in [2.45, 2.75) is 33.1 Å². The van der Waals surface area contributed by atoms with Crippen LogP contribution in [0.3, 0.4) is 0 Å². The number of ether oxygens (including phenoxy) is 1. The van der Waals surface area contributed by atoms with Crippen molar-refractivity contribution in [3.63, 3.8) is 0 Å². The molecule has 0 radical (unpaired) electrons. The molecule has 0 fully saturated rings. The van der Waals surface area contributed by atoms with E-state index in [-0.39, 0.29) is 24.2 Å². The lowest BCUT2D eigenvalue weighted by Gasteiger charge is -2.16. The van der Waals surface area contributed by atoms with Crippen molar-refractivity contribution in [3.8, 4) is 0 Å². The highest BCUT2D eigenvalue weighted by atomic mass is 16.5. The zero-order valence-corrected chi connectivity index (χ0v) is 12.9. The van der Waals surface area contributed by atoms with Crippen molar-refractivity contribution in [3.05, 3.63) is 0 Å². The van der Waals surface area contributed by atoms with Crippen LogP contribution in [0.25, 0.3) is 0 Å². The molecule has 2 amide bonds. The lowest BCUT2D eigenvalue weighted by molar-refractivity contribution is -0.123. The summed E-state index contributed by atoms with van der Waals surface area (Å²) in [5, 5.41) is 5.46. The second-order valence-corrected chi connectivity index (χ2v) is 5.38. The molecule has 1 atom stereocenters. The third-order valence-electron chi connectivity index (χ3n) is 2.91. The second kappa shape index (κ2) is 11.7. The molecule has 0 aromatic carbocycles. The van der Waals surface area contributed by atoms with Crippen molar-refractivity contribution in [1.82, 2.24) is 10.6 Å². The zero-order valence-electron chi connectivity index (χ0n) is 12.9. The summed E-state index contributed by atoms with van der Waals surface area (Å²) in [5.41, 5.74) is 5.66. The van der Waals surface area contributed by atoms with Gasteiger partial charge in [-0.1, -0.05) is 13.8 Å². The SMILES string of the molecule is COCCNC(=O)CCNC(=O)CC(CN)CC(C)C. The molecular formula is C14H29N3O3. The highest BCUT2D eigenvalue weighted by molar-refractivity contribution is 5.79. The van der Waals surface area contributed by atoms with Gasteiger partial charge in [0.2, 0.25) is 11.8 Å². The van der Waals surface area contributed by atoms with Gasteiger partial charge in [-0.3, -0.25) is 9.59 Å². The van der Waals surface area contributed by atoms with Crippen LogP contribution in [0.4, 0.5) is 0 Å². The molecule has 0 rings (SSSR count). The molecule has 1 unspecified atom stereocenters. The highest BCUT2D eigenvalue weighted by Crippen LogP contribution is 2.13. The second-order valence-electron chi connectivity index (χ2n) is 5.38. The normalized spacial score (nSPS) is 12.2. The molecule has 0 saturated carbocycles. The molecule has 118 valence electrons. The van der Waals surface area contributed by atoms with Crippen molar-refractivity contribution in [1.29, 1.82) is 0 Å². The summed E-state index contributed by atoms with van der Waals surface area (Å²) in [6.45, 7) is 6.09. The minimum Gasteiger partial charge on any atom is -0.383 e. The van der Waals surface area contributed by atoms with Gasteiger partial charge in [0.1, 0.15) is 0 Å². The first-order valence-corrected chi connectivity index (χ1v) is 7.22. The van der Waals surface area contributed by atoms with Crippen molar-refractivity contribution >= 4 is 11.8 Å². The molecule has 20 heavy (non-hydrogen) atoms. The maximum Gasteiger partial charge on any atom is 0.221 e. The standard InChI is InChI=1S/C14H29N3O3/c1-11(2)8-12(10-15)9-14(19)16-5-4-13(18)17-6-7-20-3/h11-12H,4-10,15H2,1-3H3,(H,16,19)(H,17,18). The van der Waals surface area contributed by atoms with Gasteiger partial charge in [-0.05, 0) is 24.8 Å². The monoisotopic (exact) mass is 287 g/mol. The number of nitrogens with one attached hydrogen (secondary N) is 2. The summed E-state index contributed by atoms with van der Waals surface area (Å²) in [6, 6.07) is 0. The molecule has 0 aromatic heterocycles. The van der Waals surface area contributed by atoms with Crippen LogP contribution in [-0.2, 0) is 14.3 Å². The number of nitrogens with two attached hydrogens (primary N) is 1. The Labute approximate surface area is 121 Å². The summed E-state index contributed by atoms with van der Waals surface area (Å²) < 4.78 is 4.83. The van der Waals surface area contributed by atoms with Crippen molar-refractivity contribution in [2.75, 3.05) is 33.4 Å². The van der Waals surface area contributed by atoms with Crippen LogP contribution in [0.1, 0.15) is 33.1 Å². The van der Waals surface area contributed by atoms with E-state index in [0.717, 1.165) is 6.42 Å². The molecule has 6 heteroatoms. The third-order valence-corrected chi connectivity index (χ3v) is 2.91. The largest absolute Gasteiger partial charge is 0.383 e. The predicted octanol–water partition coefficient (Wildman–Crippen LogP) is 0.266. The molecule has 0 aliphatic heterocycles. The Balaban J connectivity index is 3.73. The Hall–Kier alpha value is -1.14. The summed E-state index contributed by atoms with van der Waals surface area (Å²) in [7, 11) is 1.58. The van der Waals surface area contributed by atoms with Gasteiger partial charge >= 0.3 is 0 Å². The van der Waals surface area contributed by atoms with E-state index in [1.165, 1.54) is 0 Å². The van der Waals surface area contributed by atoms with E-state index in [0.29, 0.717) is 38.6 Å². The molecular weight excluding hydrogens is 258 g/mol. The Morgan fingerprint density at radius 3 is 2.35 bits per heavy atom. The Morgan fingerprint density at radius 1 is 1.15 bits per heavy atom. The smallest absolute Gasteiger partial charge is 0.221 e. The molecule has 0 aliphatic carbocycles.